The quantitative estimate of drug-likeness (QED) is 0.771. The van der Waals surface area contributed by atoms with Crippen molar-refractivity contribution in [3.8, 4) is 0 Å². The normalized spacial score (nSPS) is 19.1. The van der Waals surface area contributed by atoms with Gasteiger partial charge >= 0.3 is 0 Å². The summed E-state index contributed by atoms with van der Waals surface area (Å²) in [5.74, 6) is 2.23. The van der Waals surface area contributed by atoms with Crippen molar-refractivity contribution >= 4 is 17.7 Å². The fourth-order valence-corrected chi connectivity index (χ4v) is 3.88. The lowest BCUT2D eigenvalue weighted by atomic mass is 10.00. The summed E-state index contributed by atoms with van der Waals surface area (Å²) in [6, 6.07) is 10.3. The van der Waals surface area contributed by atoms with Crippen molar-refractivity contribution in [2.24, 2.45) is 5.92 Å². The van der Waals surface area contributed by atoms with E-state index < -0.39 is 0 Å². The number of nitrogens with zero attached hydrogens (tertiary/aromatic N) is 2. The molecule has 1 saturated heterocycles. The van der Waals surface area contributed by atoms with E-state index in [4.69, 9.17) is 0 Å². The highest BCUT2D eigenvalue weighted by Crippen LogP contribution is 2.19. The lowest BCUT2D eigenvalue weighted by Crippen LogP contribution is -2.44. The van der Waals surface area contributed by atoms with Crippen LogP contribution in [0.15, 0.2) is 30.3 Å². The number of benzene rings is 1. The maximum atomic E-state index is 12.6. The third-order valence-electron chi connectivity index (χ3n) is 4.32. The second-order valence-electron chi connectivity index (χ2n) is 6.09. The Morgan fingerprint density at radius 1 is 1.36 bits per heavy atom. The van der Waals surface area contributed by atoms with E-state index >= 15 is 0 Å². The number of hydrogen-bond acceptors (Lipinski definition) is 3. The van der Waals surface area contributed by atoms with E-state index in [1.165, 1.54) is 24.2 Å². The van der Waals surface area contributed by atoms with Crippen LogP contribution in [-0.2, 0) is 11.3 Å². The van der Waals surface area contributed by atoms with Crippen LogP contribution in [-0.4, -0.2) is 53.9 Å². The highest BCUT2D eigenvalue weighted by atomic mass is 32.2. The van der Waals surface area contributed by atoms with Gasteiger partial charge in [0.25, 0.3) is 0 Å². The number of hydrogen-bond donors (Lipinski definition) is 0. The van der Waals surface area contributed by atoms with Gasteiger partial charge in [0.15, 0.2) is 0 Å². The van der Waals surface area contributed by atoms with Gasteiger partial charge in [0.2, 0.25) is 5.91 Å². The molecule has 0 saturated carbocycles. The molecular weight excluding hydrogens is 292 g/mol. The zero-order valence-corrected chi connectivity index (χ0v) is 14.6. The van der Waals surface area contributed by atoms with Crippen LogP contribution in [0.3, 0.4) is 0 Å². The van der Waals surface area contributed by atoms with Crippen LogP contribution in [0.5, 0.6) is 0 Å². The Balaban J connectivity index is 1.86. The predicted octanol–water partition coefficient (Wildman–Crippen LogP) is 3.11. The molecule has 4 heteroatoms. The molecule has 0 aromatic heterocycles. The highest BCUT2D eigenvalue weighted by molar-refractivity contribution is 7.98. The van der Waals surface area contributed by atoms with E-state index in [-0.39, 0.29) is 5.91 Å². The van der Waals surface area contributed by atoms with Crippen molar-refractivity contribution in [3.05, 3.63) is 35.9 Å². The van der Waals surface area contributed by atoms with Gasteiger partial charge in [-0.3, -0.25) is 9.69 Å². The summed E-state index contributed by atoms with van der Waals surface area (Å²) < 4.78 is 0. The molecule has 1 aromatic carbocycles. The zero-order chi connectivity index (χ0) is 15.8. The van der Waals surface area contributed by atoms with Crippen molar-refractivity contribution in [2.45, 2.75) is 26.3 Å². The molecule has 1 amide bonds. The Morgan fingerprint density at radius 3 is 2.82 bits per heavy atom. The second-order valence-corrected chi connectivity index (χ2v) is 7.00. The third kappa shape index (κ3) is 5.33. The Labute approximate surface area is 139 Å². The van der Waals surface area contributed by atoms with Gasteiger partial charge in [-0.15, -0.1) is 0 Å². The number of carbonyl (C=O) groups is 1. The van der Waals surface area contributed by atoms with Gasteiger partial charge in [-0.1, -0.05) is 30.3 Å². The van der Waals surface area contributed by atoms with Gasteiger partial charge in [-0.2, -0.15) is 11.8 Å². The molecule has 1 atom stereocenters. The molecule has 0 N–H and O–H groups in total. The lowest BCUT2D eigenvalue weighted by molar-refractivity contribution is -0.133. The van der Waals surface area contributed by atoms with Gasteiger partial charge in [-0.25, -0.2) is 0 Å². The summed E-state index contributed by atoms with van der Waals surface area (Å²) in [4.78, 5) is 16.9. The highest BCUT2D eigenvalue weighted by Gasteiger charge is 2.23. The van der Waals surface area contributed by atoms with Crippen LogP contribution in [0, 0.1) is 5.92 Å². The van der Waals surface area contributed by atoms with Crippen molar-refractivity contribution in [2.75, 3.05) is 38.2 Å². The number of likely N-dealkylation sites (N-methyl/N-ethyl adjacent to an activating group) is 1. The molecule has 2 rings (SSSR count). The average molecular weight is 321 g/mol. The van der Waals surface area contributed by atoms with Gasteiger partial charge in [-0.05, 0) is 49.8 Å². The fraction of sp³-hybridized carbons (Fsp3) is 0.611. The van der Waals surface area contributed by atoms with Crippen LogP contribution in [0.25, 0.3) is 0 Å². The molecule has 1 aromatic rings. The molecule has 122 valence electrons. The van der Waals surface area contributed by atoms with Gasteiger partial charge in [0.05, 0.1) is 6.54 Å². The Morgan fingerprint density at radius 2 is 2.14 bits per heavy atom. The van der Waals surface area contributed by atoms with Crippen LogP contribution in [0.4, 0.5) is 0 Å². The van der Waals surface area contributed by atoms with E-state index in [9.17, 15) is 4.79 Å². The maximum absolute atomic E-state index is 12.6. The molecule has 0 radical (unpaired) electrons. The number of rotatable bonds is 7. The standard InChI is InChI=1S/C18H28N2OS/c1-3-20(13-16-8-5-4-6-9-16)18(21)14-19-11-7-10-17(12-19)15-22-2/h4-6,8-9,17H,3,7,10-15H2,1-2H3. The molecule has 0 spiro atoms. The minimum atomic E-state index is 0.260. The number of thioether (sulfide) groups is 1. The van der Waals surface area contributed by atoms with Crippen molar-refractivity contribution in [1.82, 2.24) is 9.80 Å². The summed E-state index contributed by atoms with van der Waals surface area (Å²) in [7, 11) is 0. The van der Waals surface area contributed by atoms with E-state index in [1.54, 1.807) is 0 Å². The molecule has 1 heterocycles. The van der Waals surface area contributed by atoms with Gasteiger partial charge < -0.3 is 4.90 Å². The summed E-state index contributed by atoms with van der Waals surface area (Å²) in [5, 5.41) is 0. The Hall–Kier alpha value is -1.00. The molecule has 1 fully saturated rings. The van der Waals surface area contributed by atoms with Gasteiger partial charge in [0, 0.05) is 19.6 Å². The molecule has 0 aliphatic carbocycles. The first kappa shape index (κ1) is 17.4. The largest absolute Gasteiger partial charge is 0.338 e. The van der Waals surface area contributed by atoms with E-state index in [2.05, 4.69) is 30.2 Å². The first-order chi connectivity index (χ1) is 10.7. The summed E-state index contributed by atoms with van der Waals surface area (Å²) in [5.41, 5.74) is 1.21. The lowest BCUT2D eigenvalue weighted by Gasteiger charge is -2.33. The molecule has 1 aliphatic rings. The van der Waals surface area contributed by atoms with Crippen molar-refractivity contribution in [1.29, 1.82) is 0 Å². The zero-order valence-electron chi connectivity index (χ0n) is 13.8. The van der Waals surface area contributed by atoms with Crippen LogP contribution in [0.1, 0.15) is 25.3 Å². The number of amides is 1. The van der Waals surface area contributed by atoms with E-state index in [1.807, 2.05) is 34.9 Å². The molecule has 1 unspecified atom stereocenters. The molecule has 1 aliphatic heterocycles. The molecular formula is C18H28N2OS. The minimum Gasteiger partial charge on any atom is -0.338 e. The number of carbonyl (C=O) groups excluding carboxylic acids is 1. The topological polar surface area (TPSA) is 23.6 Å². The monoisotopic (exact) mass is 320 g/mol. The van der Waals surface area contributed by atoms with Crippen LogP contribution >= 0.6 is 11.8 Å². The third-order valence-corrected chi connectivity index (χ3v) is 5.12. The second kappa shape index (κ2) is 9.21. The maximum Gasteiger partial charge on any atom is 0.237 e. The molecule has 3 nitrogen and oxygen atoms in total. The van der Waals surface area contributed by atoms with Crippen molar-refractivity contribution in [3.63, 3.8) is 0 Å². The van der Waals surface area contributed by atoms with Crippen molar-refractivity contribution < 1.29 is 4.79 Å². The first-order valence-electron chi connectivity index (χ1n) is 8.26. The smallest absolute Gasteiger partial charge is 0.237 e. The minimum absolute atomic E-state index is 0.260. The van der Waals surface area contributed by atoms with Crippen LogP contribution < -0.4 is 0 Å². The Kier molecular flexibility index (Phi) is 7.26. The van der Waals surface area contributed by atoms with E-state index in [0.29, 0.717) is 6.54 Å². The van der Waals surface area contributed by atoms with Crippen LogP contribution in [0.2, 0.25) is 0 Å². The van der Waals surface area contributed by atoms with Gasteiger partial charge in [0.1, 0.15) is 0 Å². The first-order valence-corrected chi connectivity index (χ1v) is 9.65. The summed E-state index contributed by atoms with van der Waals surface area (Å²) in [6.07, 6.45) is 4.71. The SMILES string of the molecule is CCN(Cc1ccccc1)C(=O)CN1CCCC(CSC)C1. The number of piperidine rings is 1. The van der Waals surface area contributed by atoms with E-state index in [0.717, 1.165) is 32.1 Å². The Bertz CT molecular complexity index is 450. The number of likely N-dealkylation sites (tertiary alicyclic amines) is 1. The summed E-state index contributed by atoms with van der Waals surface area (Å²) in [6.45, 7) is 6.28. The molecule has 22 heavy (non-hydrogen) atoms. The fourth-order valence-electron chi connectivity index (χ4n) is 3.14. The average Bonchev–Trinajstić information content (AvgIpc) is 2.54. The summed E-state index contributed by atoms with van der Waals surface area (Å²) >= 11 is 1.92. The molecule has 0 bridgehead atoms. The predicted molar refractivity (Wildman–Crippen MR) is 95.1 cm³/mol.